The van der Waals surface area contributed by atoms with E-state index in [4.69, 9.17) is 0 Å². The number of carbonyl (C=O) groups is 1. The largest absolute Gasteiger partial charge is 0.502 e. The third-order valence-electron chi connectivity index (χ3n) is 6.48. The minimum Gasteiger partial charge on any atom is -0.502 e. The van der Waals surface area contributed by atoms with Crippen LogP contribution in [0.25, 0.3) is 10.6 Å². The summed E-state index contributed by atoms with van der Waals surface area (Å²) in [6.45, 7) is 2.32. The zero-order chi connectivity index (χ0) is 25.7. The third kappa shape index (κ3) is 4.01. The van der Waals surface area contributed by atoms with Crippen LogP contribution in [0.15, 0.2) is 23.1 Å². The second-order valence-corrected chi connectivity index (χ2v) is 9.78. The molecule has 190 valence electrons. The summed E-state index contributed by atoms with van der Waals surface area (Å²) in [4.78, 5) is 27.8. The lowest BCUT2D eigenvalue weighted by Crippen LogP contribution is -2.61. The van der Waals surface area contributed by atoms with Gasteiger partial charge in [0.15, 0.2) is 16.5 Å². The van der Waals surface area contributed by atoms with Crippen molar-refractivity contribution in [1.82, 2.24) is 19.8 Å². The predicted molar refractivity (Wildman–Crippen MR) is 124 cm³/mol. The van der Waals surface area contributed by atoms with E-state index in [9.17, 15) is 33.0 Å². The second-order valence-electron chi connectivity index (χ2n) is 8.72. The molecule has 2 N–H and O–H groups in total. The number of aliphatic hydroxyl groups excluding tert-OH is 1. The molecule has 1 aromatic carbocycles. The Morgan fingerprint density at radius 3 is 2.56 bits per heavy atom. The van der Waals surface area contributed by atoms with Crippen molar-refractivity contribution in [2.75, 3.05) is 18.1 Å². The fraction of sp³-hybridized carbons (Fsp3) is 0.391. The lowest BCUT2D eigenvalue weighted by atomic mass is 10.1. The van der Waals surface area contributed by atoms with Crippen molar-refractivity contribution in [3.8, 4) is 16.3 Å². The van der Waals surface area contributed by atoms with E-state index in [-0.39, 0.29) is 40.4 Å². The van der Waals surface area contributed by atoms with E-state index < -0.39 is 46.2 Å². The lowest BCUT2D eigenvalue weighted by molar-refractivity contribution is 0.0561. The SMILES string of the molecule is CCN1C(=O)c2c(O)c(=O)c(-c3nnc(Cc4c(F)cc(F)cc4F)s3)cn2N2C[C@@H](O)CCC[C@@H]12. The van der Waals surface area contributed by atoms with Gasteiger partial charge in [0.2, 0.25) is 5.43 Å². The summed E-state index contributed by atoms with van der Waals surface area (Å²) in [5.74, 6) is -4.45. The molecule has 0 saturated carbocycles. The van der Waals surface area contributed by atoms with Gasteiger partial charge in [0.05, 0.1) is 18.2 Å². The van der Waals surface area contributed by atoms with Crippen LogP contribution in [-0.2, 0) is 6.42 Å². The number of benzene rings is 1. The number of fused-ring (bicyclic) bond motifs is 3. The number of aliphatic hydroxyl groups is 1. The van der Waals surface area contributed by atoms with E-state index in [1.54, 1.807) is 16.8 Å². The van der Waals surface area contributed by atoms with Crippen molar-refractivity contribution >= 4 is 17.2 Å². The number of nitrogens with zero attached hydrogens (tertiary/aromatic N) is 5. The molecule has 5 rings (SSSR count). The average Bonchev–Trinajstić information content (AvgIpc) is 3.20. The number of carbonyl (C=O) groups excluding carboxylic acids is 1. The number of aromatic nitrogens is 3. The number of hydrogen-bond donors (Lipinski definition) is 2. The minimum atomic E-state index is -1.07. The first-order valence-corrected chi connectivity index (χ1v) is 12.2. The van der Waals surface area contributed by atoms with Crippen molar-refractivity contribution in [3.05, 3.63) is 62.3 Å². The molecule has 0 unspecified atom stereocenters. The molecule has 2 aliphatic rings. The molecular weight excluding hydrogens is 499 g/mol. The molecule has 1 saturated heterocycles. The Balaban J connectivity index is 1.58. The highest BCUT2D eigenvalue weighted by Crippen LogP contribution is 2.32. The van der Waals surface area contributed by atoms with Crippen LogP contribution in [0, 0.1) is 17.5 Å². The highest BCUT2D eigenvalue weighted by molar-refractivity contribution is 7.14. The zero-order valence-corrected chi connectivity index (χ0v) is 19.9. The highest BCUT2D eigenvalue weighted by atomic mass is 32.1. The van der Waals surface area contributed by atoms with Crippen LogP contribution < -0.4 is 10.4 Å². The van der Waals surface area contributed by atoms with Crippen molar-refractivity contribution in [2.24, 2.45) is 0 Å². The molecule has 2 atom stereocenters. The quantitative estimate of drug-likeness (QED) is 0.542. The zero-order valence-electron chi connectivity index (χ0n) is 19.1. The molecule has 0 bridgehead atoms. The standard InChI is InChI=1S/C23H22F3N5O4S/c1-2-29-18-5-3-4-12(32)9-30(18)31-10-14(20(33)21(34)19(31)23(29)35)22-28-27-17(36-22)8-13-15(25)6-11(24)7-16(13)26/h6-7,10,12,18,32,34H,2-5,8-9H2,1H3/t12-,18-/m0/s1. The Kier molecular flexibility index (Phi) is 6.20. The molecule has 36 heavy (non-hydrogen) atoms. The van der Waals surface area contributed by atoms with Crippen molar-refractivity contribution in [3.63, 3.8) is 0 Å². The van der Waals surface area contributed by atoms with E-state index in [2.05, 4.69) is 10.2 Å². The summed E-state index contributed by atoms with van der Waals surface area (Å²) in [5.41, 5.74) is -1.51. The number of halogens is 3. The number of hydrogen-bond acceptors (Lipinski definition) is 8. The van der Waals surface area contributed by atoms with Crippen LogP contribution in [0.1, 0.15) is 47.2 Å². The first-order chi connectivity index (χ1) is 17.2. The Hall–Kier alpha value is -3.45. The second kappa shape index (κ2) is 9.21. The van der Waals surface area contributed by atoms with Crippen molar-refractivity contribution < 1.29 is 28.2 Å². The summed E-state index contributed by atoms with van der Waals surface area (Å²) < 4.78 is 42.8. The third-order valence-corrected chi connectivity index (χ3v) is 7.43. The van der Waals surface area contributed by atoms with Gasteiger partial charge in [-0.3, -0.25) is 19.3 Å². The molecule has 0 aliphatic carbocycles. The van der Waals surface area contributed by atoms with Crippen LogP contribution in [0.3, 0.4) is 0 Å². The molecule has 1 amide bonds. The van der Waals surface area contributed by atoms with Crippen LogP contribution in [0.4, 0.5) is 13.2 Å². The van der Waals surface area contributed by atoms with Gasteiger partial charge in [0, 0.05) is 36.9 Å². The Morgan fingerprint density at radius 1 is 1.14 bits per heavy atom. The summed E-state index contributed by atoms with van der Waals surface area (Å²) in [6.07, 6.45) is 1.83. The molecule has 9 nitrogen and oxygen atoms in total. The molecule has 4 heterocycles. The van der Waals surface area contributed by atoms with E-state index >= 15 is 0 Å². The number of amides is 1. The predicted octanol–water partition coefficient (Wildman–Crippen LogP) is 2.37. The molecule has 13 heteroatoms. The van der Waals surface area contributed by atoms with E-state index in [1.807, 2.05) is 0 Å². The van der Waals surface area contributed by atoms with Crippen LogP contribution in [-0.4, -0.2) is 61.3 Å². The average molecular weight is 522 g/mol. The van der Waals surface area contributed by atoms with Gasteiger partial charge >= 0.3 is 0 Å². The first-order valence-electron chi connectivity index (χ1n) is 11.4. The summed E-state index contributed by atoms with van der Waals surface area (Å²) in [6, 6.07) is 1.13. The smallest absolute Gasteiger partial charge is 0.278 e. The van der Waals surface area contributed by atoms with Gasteiger partial charge in [-0.25, -0.2) is 13.2 Å². The molecule has 3 aromatic rings. The molecule has 2 aliphatic heterocycles. The maximum absolute atomic E-state index is 14.1. The van der Waals surface area contributed by atoms with Crippen LogP contribution in [0.5, 0.6) is 5.75 Å². The van der Waals surface area contributed by atoms with Crippen LogP contribution >= 0.6 is 11.3 Å². The Bertz CT molecular complexity index is 1390. The Morgan fingerprint density at radius 2 is 1.86 bits per heavy atom. The van der Waals surface area contributed by atoms with E-state index in [1.165, 1.54) is 10.9 Å². The van der Waals surface area contributed by atoms with Gasteiger partial charge in [0.25, 0.3) is 5.91 Å². The van der Waals surface area contributed by atoms with E-state index in [0.29, 0.717) is 37.9 Å². The van der Waals surface area contributed by atoms with E-state index in [0.717, 1.165) is 11.3 Å². The molecule has 0 radical (unpaired) electrons. The monoisotopic (exact) mass is 521 g/mol. The van der Waals surface area contributed by atoms with Gasteiger partial charge in [-0.05, 0) is 26.2 Å². The number of aromatic hydroxyl groups is 1. The molecular formula is C23H22F3N5O4S. The normalized spacial score (nSPS) is 19.8. The number of pyridine rings is 1. The Labute approximate surface area is 207 Å². The van der Waals surface area contributed by atoms with Crippen LogP contribution in [0.2, 0.25) is 0 Å². The fourth-order valence-electron chi connectivity index (χ4n) is 4.76. The minimum absolute atomic E-state index is 0.0599. The maximum Gasteiger partial charge on any atom is 0.278 e. The van der Waals surface area contributed by atoms with Gasteiger partial charge in [-0.15, -0.1) is 10.2 Å². The van der Waals surface area contributed by atoms with Crippen molar-refractivity contribution in [1.29, 1.82) is 0 Å². The summed E-state index contributed by atoms with van der Waals surface area (Å²) in [5, 5.41) is 31.0. The summed E-state index contributed by atoms with van der Waals surface area (Å²) in [7, 11) is 0. The maximum atomic E-state index is 14.1. The van der Waals surface area contributed by atoms with Gasteiger partial charge in [-0.2, -0.15) is 0 Å². The highest BCUT2D eigenvalue weighted by Gasteiger charge is 2.41. The lowest BCUT2D eigenvalue weighted by Gasteiger charge is -2.46. The molecule has 2 aromatic heterocycles. The number of rotatable bonds is 4. The van der Waals surface area contributed by atoms with Crippen molar-refractivity contribution in [2.45, 2.75) is 44.9 Å². The summed E-state index contributed by atoms with van der Waals surface area (Å²) >= 11 is 0.879. The van der Waals surface area contributed by atoms with Gasteiger partial charge in [0.1, 0.15) is 28.6 Å². The first kappa shape index (κ1) is 24.3. The topological polar surface area (TPSA) is 112 Å². The fourth-order valence-corrected chi connectivity index (χ4v) is 5.62. The van der Waals surface area contributed by atoms with Gasteiger partial charge < -0.3 is 15.1 Å². The van der Waals surface area contributed by atoms with Gasteiger partial charge in [-0.1, -0.05) is 11.3 Å². The molecule has 1 fully saturated rings. The molecule has 0 spiro atoms.